The molecule has 0 bridgehead atoms. The first-order valence-corrected chi connectivity index (χ1v) is 9.05. The van der Waals surface area contributed by atoms with Gasteiger partial charge in [0.2, 0.25) is 0 Å². The zero-order chi connectivity index (χ0) is 21.3. The van der Waals surface area contributed by atoms with Crippen molar-refractivity contribution >= 4 is 5.65 Å². The molecule has 0 aliphatic carbocycles. The predicted octanol–water partition coefficient (Wildman–Crippen LogP) is 4.74. The van der Waals surface area contributed by atoms with Crippen LogP contribution in [-0.2, 0) is 19.0 Å². The molecule has 4 aromatic rings. The molecule has 0 fully saturated rings. The van der Waals surface area contributed by atoms with Gasteiger partial charge in [0.1, 0.15) is 23.6 Å². The summed E-state index contributed by atoms with van der Waals surface area (Å²) in [5, 5.41) is 7.97. The minimum Gasteiger partial charge on any atom is -0.496 e. The third kappa shape index (κ3) is 3.70. The molecule has 0 unspecified atom stereocenters. The fourth-order valence-electron chi connectivity index (χ4n) is 3.37. The van der Waals surface area contributed by atoms with Gasteiger partial charge in [-0.2, -0.15) is 13.2 Å². The zero-order valence-corrected chi connectivity index (χ0v) is 15.8. The monoisotopic (exact) mass is 416 g/mol. The third-order valence-corrected chi connectivity index (χ3v) is 4.83. The number of pyridine rings is 2. The van der Waals surface area contributed by atoms with Crippen molar-refractivity contribution in [2.24, 2.45) is 0 Å². The summed E-state index contributed by atoms with van der Waals surface area (Å²) < 4.78 is 60.2. The smallest absolute Gasteiger partial charge is 0.433 e. The van der Waals surface area contributed by atoms with Crippen molar-refractivity contribution in [3.63, 3.8) is 0 Å². The van der Waals surface area contributed by atoms with Crippen molar-refractivity contribution in [3.8, 4) is 16.9 Å². The summed E-state index contributed by atoms with van der Waals surface area (Å²) in [6.45, 7) is 0. The Morgan fingerprint density at radius 3 is 2.67 bits per heavy atom. The average molecular weight is 416 g/mol. The van der Waals surface area contributed by atoms with Crippen LogP contribution in [0.1, 0.15) is 17.0 Å². The fraction of sp³-hybridized carbons (Fsp3) is 0.190. The fourth-order valence-corrected chi connectivity index (χ4v) is 3.37. The van der Waals surface area contributed by atoms with Crippen molar-refractivity contribution in [1.29, 1.82) is 0 Å². The van der Waals surface area contributed by atoms with E-state index in [1.165, 1.54) is 25.6 Å². The number of methoxy groups -OCH3 is 1. The molecule has 5 nitrogen and oxygen atoms in total. The SMILES string of the molecule is COc1cccc(F)c1CCc1ccc(-c2ccnc(C(F)(F)F)c2)c2nncn12. The zero-order valence-electron chi connectivity index (χ0n) is 15.8. The summed E-state index contributed by atoms with van der Waals surface area (Å²) in [5.41, 5.74) is 1.49. The molecule has 0 aliphatic heterocycles. The van der Waals surface area contributed by atoms with Crippen molar-refractivity contribution in [2.75, 3.05) is 7.11 Å². The van der Waals surface area contributed by atoms with Gasteiger partial charge in [-0.3, -0.25) is 9.38 Å². The van der Waals surface area contributed by atoms with E-state index in [1.54, 1.807) is 28.7 Å². The number of fused-ring (bicyclic) bond motifs is 1. The van der Waals surface area contributed by atoms with Gasteiger partial charge in [-0.1, -0.05) is 6.07 Å². The second kappa shape index (κ2) is 7.74. The molecule has 3 heterocycles. The Bertz CT molecular complexity index is 1200. The molecule has 1 aromatic carbocycles. The first-order valence-electron chi connectivity index (χ1n) is 9.05. The Morgan fingerprint density at radius 2 is 1.90 bits per heavy atom. The molecule has 0 saturated heterocycles. The van der Waals surface area contributed by atoms with E-state index in [1.807, 2.05) is 0 Å². The first kappa shape index (κ1) is 19.8. The molecule has 30 heavy (non-hydrogen) atoms. The van der Waals surface area contributed by atoms with Gasteiger partial charge < -0.3 is 4.74 Å². The number of nitrogens with zero attached hydrogens (tertiary/aromatic N) is 4. The predicted molar refractivity (Wildman–Crippen MR) is 102 cm³/mol. The van der Waals surface area contributed by atoms with Crippen LogP contribution in [0.5, 0.6) is 5.75 Å². The molecular weight excluding hydrogens is 400 g/mol. The molecule has 154 valence electrons. The van der Waals surface area contributed by atoms with Gasteiger partial charge in [0, 0.05) is 23.0 Å². The maximum atomic E-state index is 14.2. The number of halogens is 4. The maximum Gasteiger partial charge on any atom is 0.433 e. The van der Waals surface area contributed by atoms with E-state index in [2.05, 4.69) is 15.2 Å². The number of hydrogen-bond acceptors (Lipinski definition) is 4. The van der Waals surface area contributed by atoms with E-state index >= 15 is 0 Å². The van der Waals surface area contributed by atoms with E-state index in [4.69, 9.17) is 4.74 Å². The lowest BCUT2D eigenvalue weighted by Crippen LogP contribution is -2.07. The Balaban J connectivity index is 1.69. The van der Waals surface area contributed by atoms with Crippen LogP contribution < -0.4 is 4.74 Å². The van der Waals surface area contributed by atoms with Crippen LogP contribution in [-0.4, -0.2) is 26.7 Å². The molecule has 0 amide bonds. The summed E-state index contributed by atoms with van der Waals surface area (Å²) in [6, 6.07) is 10.6. The van der Waals surface area contributed by atoms with E-state index in [-0.39, 0.29) is 5.82 Å². The molecule has 0 N–H and O–H groups in total. The van der Waals surface area contributed by atoms with Crippen LogP contribution in [0, 0.1) is 5.82 Å². The summed E-state index contributed by atoms with van der Waals surface area (Å²) in [6.07, 6.45) is -1.12. The lowest BCUT2D eigenvalue weighted by Gasteiger charge is -2.12. The third-order valence-electron chi connectivity index (χ3n) is 4.83. The van der Waals surface area contributed by atoms with Crippen molar-refractivity contribution in [1.82, 2.24) is 19.6 Å². The highest BCUT2D eigenvalue weighted by molar-refractivity contribution is 5.77. The highest BCUT2D eigenvalue weighted by atomic mass is 19.4. The minimum atomic E-state index is -4.54. The second-order valence-electron chi connectivity index (χ2n) is 6.61. The molecule has 0 aliphatic rings. The van der Waals surface area contributed by atoms with Gasteiger partial charge in [0.15, 0.2) is 5.65 Å². The van der Waals surface area contributed by atoms with Gasteiger partial charge in [0.05, 0.1) is 7.11 Å². The standard InChI is InChI=1S/C21H16F4N4O/c1-30-18-4-2-3-17(22)16(18)8-6-14-5-7-15(20-28-27-12-29(14)20)13-9-10-26-19(11-13)21(23,24)25/h2-5,7,9-12H,6,8H2,1H3. The van der Waals surface area contributed by atoms with E-state index in [9.17, 15) is 17.6 Å². The van der Waals surface area contributed by atoms with E-state index in [0.29, 0.717) is 40.9 Å². The lowest BCUT2D eigenvalue weighted by atomic mass is 10.0. The van der Waals surface area contributed by atoms with Crippen LogP contribution in [0.4, 0.5) is 17.6 Å². The second-order valence-corrected chi connectivity index (χ2v) is 6.61. The number of hydrogen-bond donors (Lipinski definition) is 0. The van der Waals surface area contributed by atoms with E-state index < -0.39 is 11.9 Å². The highest BCUT2D eigenvalue weighted by Crippen LogP contribution is 2.32. The van der Waals surface area contributed by atoms with Gasteiger partial charge in [-0.15, -0.1) is 10.2 Å². The largest absolute Gasteiger partial charge is 0.496 e. The van der Waals surface area contributed by atoms with Crippen LogP contribution in [0.25, 0.3) is 16.8 Å². The van der Waals surface area contributed by atoms with Gasteiger partial charge in [-0.25, -0.2) is 4.39 Å². The Morgan fingerprint density at radius 1 is 1.07 bits per heavy atom. The topological polar surface area (TPSA) is 52.3 Å². The van der Waals surface area contributed by atoms with Crippen LogP contribution >= 0.6 is 0 Å². The number of rotatable bonds is 5. The van der Waals surface area contributed by atoms with Crippen molar-refractivity contribution in [3.05, 3.63) is 77.8 Å². The summed E-state index contributed by atoms with van der Waals surface area (Å²) >= 11 is 0. The van der Waals surface area contributed by atoms with Crippen LogP contribution in [0.2, 0.25) is 0 Å². The molecule has 0 radical (unpaired) electrons. The molecule has 0 spiro atoms. The molecule has 0 saturated carbocycles. The number of benzene rings is 1. The van der Waals surface area contributed by atoms with Gasteiger partial charge in [-0.05, 0) is 54.8 Å². The number of ether oxygens (including phenoxy) is 1. The Kier molecular flexibility index (Phi) is 5.11. The van der Waals surface area contributed by atoms with Crippen molar-refractivity contribution < 1.29 is 22.3 Å². The van der Waals surface area contributed by atoms with Gasteiger partial charge >= 0.3 is 6.18 Å². The van der Waals surface area contributed by atoms with E-state index in [0.717, 1.165) is 18.0 Å². The average Bonchev–Trinajstić information content (AvgIpc) is 3.22. The number of alkyl halides is 3. The summed E-state index contributed by atoms with van der Waals surface area (Å²) in [7, 11) is 1.48. The first-order chi connectivity index (χ1) is 14.4. The summed E-state index contributed by atoms with van der Waals surface area (Å²) in [4.78, 5) is 3.39. The lowest BCUT2D eigenvalue weighted by molar-refractivity contribution is -0.141. The summed E-state index contributed by atoms with van der Waals surface area (Å²) in [5.74, 6) is 0.102. The Labute approximate surface area is 169 Å². The van der Waals surface area contributed by atoms with Crippen LogP contribution in [0.15, 0.2) is 55.0 Å². The Hall–Kier alpha value is -3.49. The quantitative estimate of drug-likeness (QED) is 0.441. The minimum absolute atomic E-state index is 0.331. The number of aryl methyl sites for hydroxylation is 1. The maximum absolute atomic E-state index is 14.2. The molecule has 3 aromatic heterocycles. The molecule has 9 heteroatoms. The molecule has 0 atom stereocenters. The normalized spacial score (nSPS) is 11.8. The molecule has 4 rings (SSSR count). The highest BCUT2D eigenvalue weighted by Gasteiger charge is 2.32. The van der Waals surface area contributed by atoms with Crippen LogP contribution in [0.3, 0.4) is 0 Å². The number of aromatic nitrogens is 4. The van der Waals surface area contributed by atoms with Gasteiger partial charge in [0.25, 0.3) is 0 Å². The van der Waals surface area contributed by atoms with Crippen molar-refractivity contribution in [2.45, 2.75) is 19.0 Å². The molecular formula is C21H16F4N4O.